The normalized spacial score (nSPS) is 14.8. The van der Waals surface area contributed by atoms with E-state index in [2.05, 4.69) is 49.1 Å². The van der Waals surface area contributed by atoms with Crippen molar-refractivity contribution in [2.75, 3.05) is 46.8 Å². The number of nitrogens with zero attached hydrogens (tertiary/aromatic N) is 3. The highest BCUT2D eigenvalue weighted by atomic mass is 15.2. The van der Waals surface area contributed by atoms with Crippen LogP contribution in [0, 0.1) is 11.3 Å². The lowest BCUT2D eigenvalue weighted by atomic mass is 10.0. The maximum atomic E-state index is 9.36. The molecule has 0 aliphatic heterocycles. The molecule has 0 aliphatic rings. The molecule has 1 N–H and O–H groups in total. The van der Waals surface area contributed by atoms with E-state index in [1.807, 2.05) is 6.92 Å². The first-order valence-electron chi connectivity index (χ1n) is 7.00. The second-order valence-corrected chi connectivity index (χ2v) is 5.45. The maximum absolute atomic E-state index is 9.36. The molecule has 0 aliphatic carbocycles. The molecule has 0 spiro atoms. The third-order valence-corrected chi connectivity index (χ3v) is 2.96. The Labute approximate surface area is 113 Å². The van der Waals surface area contributed by atoms with Crippen molar-refractivity contribution in [3.8, 4) is 6.07 Å². The average molecular weight is 254 g/mol. The summed E-state index contributed by atoms with van der Waals surface area (Å²) < 4.78 is 0. The van der Waals surface area contributed by atoms with E-state index in [1.54, 1.807) is 0 Å². The summed E-state index contributed by atoms with van der Waals surface area (Å²) in [5.41, 5.74) is -0.433. The van der Waals surface area contributed by atoms with Crippen LogP contribution in [-0.2, 0) is 0 Å². The Bertz CT molecular complexity index is 247. The van der Waals surface area contributed by atoms with Gasteiger partial charge in [-0.2, -0.15) is 5.26 Å². The molecule has 1 unspecified atom stereocenters. The lowest BCUT2D eigenvalue weighted by molar-refractivity contribution is 0.201. The van der Waals surface area contributed by atoms with Crippen LogP contribution in [0.4, 0.5) is 0 Å². The van der Waals surface area contributed by atoms with Crippen LogP contribution in [0.25, 0.3) is 0 Å². The summed E-state index contributed by atoms with van der Waals surface area (Å²) >= 11 is 0. The van der Waals surface area contributed by atoms with Gasteiger partial charge in [-0.25, -0.2) is 0 Å². The van der Waals surface area contributed by atoms with Crippen molar-refractivity contribution in [1.82, 2.24) is 15.1 Å². The zero-order chi connectivity index (χ0) is 14.0. The summed E-state index contributed by atoms with van der Waals surface area (Å²) in [5.74, 6) is 0. The first-order chi connectivity index (χ1) is 8.47. The molecule has 0 heterocycles. The summed E-state index contributed by atoms with van der Waals surface area (Å²) in [4.78, 5) is 4.57. The number of likely N-dealkylation sites (N-methyl/N-ethyl adjacent to an activating group) is 1. The quantitative estimate of drug-likeness (QED) is 0.642. The van der Waals surface area contributed by atoms with Gasteiger partial charge in [0, 0.05) is 19.6 Å². The first-order valence-corrected chi connectivity index (χ1v) is 7.00. The van der Waals surface area contributed by atoms with Crippen LogP contribution >= 0.6 is 0 Å². The van der Waals surface area contributed by atoms with Crippen molar-refractivity contribution in [2.24, 2.45) is 0 Å². The van der Waals surface area contributed by atoms with Gasteiger partial charge in [-0.1, -0.05) is 13.8 Å². The zero-order valence-electron chi connectivity index (χ0n) is 12.8. The molecule has 4 heteroatoms. The molecule has 106 valence electrons. The molecule has 0 bridgehead atoms. The van der Waals surface area contributed by atoms with E-state index < -0.39 is 5.54 Å². The molecule has 0 aromatic carbocycles. The number of rotatable bonds is 10. The Hall–Kier alpha value is -0.630. The highest BCUT2D eigenvalue weighted by Crippen LogP contribution is 2.06. The van der Waals surface area contributed by atoms with Crippen molar-refractivity contribution < 1.29 is 0 Å². The predicted molar refractivity (Wildman–Crippen MR) is 77.6 cm³/mol. The summed E-state index contributed by atoms with van der Waals surface area (Å²) in [6, 6.07) is 2.42. The molecule has 18 heavy (non-hydrogen) atoms. The van der Waals surface area contributed by atoms with Gasteiger partial charge < -0.3 is 4.90 Å². The van der Waals surface area contributed by atoms with Crippen molar-refractivity contribution in [2.45, 2.75) is 39.2 Å². The lowest BCUT2D eigenvalue weighted by Gasteiger charge is -2.32. The van der Waals surface area contributed by atoms with Crippen LogP contribution in [0.2, 0.25) is 0 Å². The standard InChI is InChI=1S/C14H30N4/c1-6-8-16-14(3,12-15)13-18(9-7-2)11-10-17(4)5/h16H,6-11,13H2,1-5H3. The largest absolute Gasteiger partial charge is 0.308 e. The lowest BCUT2D eigenvalue weighted by Crippen LogP contribution is -2.51. The molecule has 0 saturated heterocycles. The Morgan fingerprint density at radius 1 is 1.11 bits per heavy atom. The molecule has 0 aromatic rings. The molecular formula is C14H30N4. The van der Waals surface area contributed by atoms with E-state index in [0.29, 0.717) is 0 Å². The minimum atomic E-state index is -0.433. The maximum Gasteiger partial charge on any atom is 0.116 e. The molecule has 0 saturated carbocycles. The van der Waals surface area contributed by atoms with Gasteiger partial charge in [0.1, 0.15) is 5.54 Å². The molecule has 4 nitrogen and oxygen atoms in total. The van der Waals surface area contributed by atoms with Crippen LogP contribution in [0.15, 0.2) is 0 Å². The van der Waals surface area contributed by atoms with Gasteiger partial charge in [-0.05, 0) is 47.0 Å². The monoisotopic (exact) mass is 254 g/mol. The van der Waals surface area contributed by atoms with E-state index >= 15 is 0 Å². The van der Waals surface area contributed by atoms with E-state index in [1.165, 1.54) is 0 Å². The van der Waals surface area contributed by atoms with Gasteiger partial charge in [0.15, 0.2) is 0 Å². The van der Waals surface area contributed by atoms with Crippen molar-refractivity contribution in [3.63, 3.8) is 0 Å². The van der Waals surface area contributed by atoms with Crippen LogP contribution < -0.4 is 5.32 Å². The minimum absolute atomic E-state index is 0.433. The molecule has 0 aromatic heterocycles. The fraction of sp³-hybridized carbons (Fsp3) is 0.929. The molecule has 1 atom stereocenters. The third-order valence-electron chi connectivity index (χ3n) is 2.96. The fourth-order valence-corrected chi connectivity index (χ4v) is 1.91. The van der Waals surface area contributed by atoms with E-state index in [9.17, 15) is 5.26 Å². The summed E-state index contributed by atoms with van der Waals surface area (Å²) in [6.45, 7) is 11.1. The van der Waals surface area contributed by atoms with Crippen molar-refractivity contribution in [3.05, 3.63) is 0 Å². The molecule has 0 rings (SSSR count). The molecule has 0 amide bonds. The first kappa shape index (κ1) is 17.4. The van der Waals surface area contributed by atoms with Crippen LogP contribution in [0.5, 0.6) is 0 Å². The van der Waals surface area contributed by atoms with E-state index in [-0.39, 0.29) is 0 Å². The Morgan fingerprint density at radius 3 is 2.22 bits per heavy atom. The molecular weight excluding hydrogens is 224 g/mol. The number of hydrogen-bond acceptors (Lipinski definition) is 4. The minimum Gasteiger partial charge on any atom is -0.308 e. The summed E-state index contributed by atoms with van der Waals surface area (Å²) in [7, 11) is 4.17. The van der Waals surface area contributed by atoms with Crippen molar-refractivity contribution >= 4 is 0 Å². The van der Waals surface area contributed by atoms with Gasteiger partial charge >= 0.3 is 0 Å². The van der Waals surface area contributed by atoms with E-state index in [4.69, 9.17) is 0 Å². The van der Waals surface area contributed by atoms with Crippen LogP contribution in [0.3, 0.4) is 0 Å². The number of nitrogens with one attached hydrogen (secondary N) is 1. The second kappa shape index (κ2) is 9.32. The van der Waals surface area contributed by atoms with Gasteiger partial charge in [0.25, 0.3) is 0 Å². The van der Waals surface area contributed by atoms with Gasteiger partial charge in [0.2, 0.25) is 0 Å². The zero-order valence-corrected chi connectivity index (χ0v) is 12.8. The predicted octanol–water partition coefficient (Wildman–Crippen LogP) is 1.54. The highest BCUT2D eigenvalue weighted by Gasteiger charge is 2.25. The Kier molecular flexibility index (Phi) is 8.99. The van der Waals surface area contributed by atoms with Gasteiger partial charge in [-0.3, -0.25) is 10.2 Å². The van der Waals surface area contributed by atoms with Gasteiger partial charge in [-0.15, -0.1) is 0 Å². The van der Waals surface area contributed by atoms with Gasteiger partial charge in [0.05, 0.1) is 6.07 Å². The van der Waals surface area contributed by atoms with Crippen molar-refractivity contribution in [1.29, 1.82) is 5.26 Å². The summed E-state index contributed by atoms with van der Waals surface area (Å²) in [6.07, 6.45) is 2.19. The van der Waals surface area contributed by atoms with E-state index in [0.717, 1.165) is 45.6 Å². The van der Waals surface area contributed by atoms with Crippen LogP contribution in [0.1, 0.15) is 33.6 Å². The molecule has 0 radical (unpaired) electrons. The second-order valence-electron chi connectivity index (χ2n) is 5.45. The number of hydrogen-bond donors (Lipinski definition) is 1. The highest BCUT2D eigenvalue weighted by molar-refractivity contribution is 5.05. The Morgan fingerprint density at radius 2 is 1.78 bits per heavy atom. The Balaban J connectivity index is 4.37. The SMILES string of the molecule is CCCNC(C)(C#N)CN(CCC)CCN(C)C. The fourth-order valence-electron chi connectivity index (χ4n) is 1.91. The average Bonchev–Trinajstić information content (AvgIpc) is 2.34. The third kappa shape index (κ3) is 7.65. The topological polar surface area (TPSA) is 42.3 Å². The number of nitriles is 1. The smallest absolute Gasteiger partial charge is 0.116 e. The summed E-state index contributed by atoms with van der Waals surface area (Å²) in [5, 5.41) is 12.7. The molecule has 0 fully saturated rings. The van der Waals surface area contributed by atoms with Crippen LogP contribution in [-0.4, -0.2) is 62.2 Å².